The summed E-state index contributed by atoms with van der Waals surface area (Å²) >= 11 is 0. The Bertz CT molecular complexity index is 329. The van der Waals surface area contributed by atoms with Gasteiger partial charge < -0.3 is 11.1 Å². The van der Waals surface area contributed by atoms with Crippen molar-refractivity contribution in [3.05, 3.63) is 35.9 Å². The average molecular weight is 190 g/mol. The molecule has 0 unspecified atom stereocenters. The maximum absolute atomic E-state index is 5.88. The first-order valence-corrected chi connectivity index (χ1v) is 4.86. The summed E-state index contributed by atoms with van der Waals surface area (Å²) in [5.41, 5.74) is 10.2. The Hall–Kier alpha value is -1.44. The van der Waals surface area contributed by atoms with Crippen molar-refractivity contribution in [2.75, 3.05) is 17.6 Å². The van der Waals surface area contributed by atoms with Crippen LogP contribution in [0.4, 0.5) is 11.4 Å². The van der Waals surface area contributed by atoms with Crippen LogP contribution in [0.2, 0.25) is 0 Å². The lowest BCUT2D eigenvalue weighted by atomic mass is 10.1. The summed E-state index contributed by atoms with van der Waals surface area (Å²) in [5, 5.41) is 3.29. The highest BCUT2D eigenvalue weighted by atomic mass is 14.9. The zero-order valence-electron chi connectivity index (χ0n) is 8.93. The number of rotatable bonds is 4. The molecule has 1 rings (SSSR count). The van der Waals surface area contributed by atoms with Gasteiger partial charge in [-0.2, -0.15) is 0 Å². The summed E-state index contributed by atoms with van der Waals surface area (Å²) in [6, 6.07) is 4.10. The highest BCUT2D eigenvalue weighted by molar-refractivity contribution is 5.68. The first-order valence-electron chi connectivity index (χ1n) is 4.86. The highest BCUT2D eigenvalue weighted by Gasteiger charge is 2.00. The fraction of sp³-hybridized carbons (Fsp3) is 0.333. The molecule has 0 spiro atoms. The fourth-order valence-electron chi connectivity index (χ4n) is 1.30. The van der Waals surface area contributed by atoms with Crippen LogP contribution < -0.4 is 11.1 Å². The number of nitrogens with two attached hydrogens (primary N) is 1. The van der Waals surface area contributed by atoms with E-state index < -0.39 is 0 Å². The molecular weight excluding hydrogens is 172 g/mol. The van der Waals surface area contributed by atoms with Gasteiger partial charge in [-0.25, -0.2) is 0 Å². The van der Waals surface area contributed by atoms with Crippen LogP contribution in [0.5, 0.6) is 0 Å². The Morgan fingerprint density at radius 2 is 2.00 bits per heavy atom. The molecule has 1 aromatic rings. The number of hydrogen-bond acceptors (Lipinski definition) is 2. The van der Waals surface area contributed by atoms with Crippen molar-refractivity contribution in [2.24, 2.45) is 0 Å². The summed E-state index contributed by atoms with van der Waals surface area (Å²) in [4.78, 5) is 0. The van der Waals surface area contributed by atoms with Crippen molar-refractivity contribution in [1.82, 2.24) is 0 Å². The highest BCUT2D eigenvalue weighted by Crippen LogP contribution is 2.22. The van der Waals surface area contributed by atoms with E-state index >= 15 is 0 Å². The number of aryl methyl sites for hydroxylation is 2. The summed E-state index contributed by atoms with van der Waals surface area (Å²) in [5.74, 6) is 0. The predicted octanol–water partition coefficient (Wildman–Crippen LogP) is 2.87. The van der Waals surface area contributed by atoms with E-state index in [0.717, 1.165) is 24.3 Å². The summed E-state index contributed by atoms with van der Waals surface area (Å²) in [6.45, 7) is 8.72. The zero-order valence-corrected chi connectivity index (χ0v) is 8.93. The number of anilines is 2. The Labute approximate surface area is 85.8 Å². The van der Waals surface area contributed by atoms with Gasteiger partial charge in [0.15, 0.2) is 0 Å². The molecule has 2 nitrogen and oxygen atoms in total. The maximum Gasteiger partial charge on any atom is 0.0576 e. The summed E-state index contributed by atoms with van der Waals surface area (Å²) < 4.78 is 0. The van der Waals surface area contributed by atoms with Gasteiger partial charge in [-0.15, -0.1) is 6.58 Å². The molecule has 0 amide bonds. The molecule has 0 saturated carbocycles. The monoisotopic (exact) mass is 190 g/mol. The van der Waals surface area contributed by atoms with Crippen LogP contribution >= 0.6 is 0 Å². The van der Waals surface area contributed by atoms with Gasteiger partial charge in [0, 0.05) is 6.54 Å². The predicted molar refractivity (Wildman–Crippen MR) is 63.6 cm³/mol. The van der Waals surface area contributed by atoms with Gasteiger partial charge in [0.25, 0.3) is 0 Å². The van der Waals surface area contributed by atoms with Gasteiger partial charge in [0.1, 0.15) is 0 Å². The molecular formula is C12H18N2. The normalized spacial score (nSPS) is 9.86. The molecule has 0 bridgehead atoms. The van der Waals surface area contributed by atoms with Crippen molar-refractivity contribution in [1.29, 1.82) is 0 Å². The minimum absolute atomic E-state index is 0.817. The molecule has 0 radical (unpaired) electrons. The Morgan fingerprint density at radius 1 is 1.36 bits per heavy atom. The quantitative estimate of drug-likeness (QED) is 0.435. The second-order valence-corrected chi connectivity index (χ2v) is 3.53. The van der Waals surface area contributed by atoms with E-state index in [4.69, 9.17) is 5.73 Å². The summed E-state index contributed by atoms with van der Waals surface area (Å²) in [7, 11) is 0. The number of hydrogen-bond donors (Lipinski definition) is 2. The molecule has 0 aromatic heterocycles. The standard InChI is InChI=1S/C12H18N2/c1-4-5-6-14-12-8-10(3)9(2)7-11(12)13/h4,7-8,14H,1,5-6,13H2,2-3H3. The third kappa shape index (κ3) is 2.52. The molecule has 2 heteroatoms. The fourth-order valence-corrected chi connectivity index (χ4v) is 1.30. The molecule has 0 fully saturated rings. The van der Waals surface area contributed by atoms with Gasteiger partial charge in [0.05, 0.1) is 11.4 Å². The van der Waals surface area contributed by atoms with Gasteiger partial charge in [-0.05, 0) is 43.5 Å². The van der Waals surface area contributed by atoms with Crippen molar-refractivity contribution >= 4 is 11.4 Å². The maximum atomic E-state index is 5.88. The number of nitrogen functional groups attached to an aromatic ring is 1. The molecule has 3 N–H and O–H groups in total. The van der Waals surface area contributed by atoms with E-state index in [1.807, 2.05) is 12.1 Å². The van der Waals surface area contributed by atoms with E-state index in [1.54, 1.807) is 0 Å². The lowest BCUT2D eigenvalue weighted by Gasteiger charge is -2.11. The van der Waals surface area contributed by atoms with Crippen LogP contribution in [-0.2, 0) is 0 Å². The van der Waals surface area contributed by atoms with E-state index in [1.165, 1.54) is 11.1 Å². The third-order valence-corrected chi connectivity index (χ3v) is 2.33. The lowest BCUT2D eigenvalue weighted by molar-refractivity contribution is 1.07. The molecule has 1 aromatic carbocycles. The second-order valence-electron chi connectivity index (χ2n) is 3.53. The average Bonchev–Trinajstić information content (AvgIpc) is 2.14. The van der Waals surface area contributed by atoms with Crippen molar-refractivity contribution < 1.29 is 0 Å². The Balaban J connectivity index is 2.76. The topological polar surface area (TPSA) is 38.0 Å². The van der Waals surface area contributed by atoms with Crippen LogP contribution in [0.1, 0.15) is 17.5 Å². The summed E-state index contributed by atoms with van der Waals surface area (Å²) in [6.07, 6.45) is 2.84. The van der Waals surface area contributed by atoms with Crippen LogP contribution in [0.15, 0.2) is 24.8 Å². The van der Waals surface area contributed by atoms with Gasteiger partial charge >= 0.3 is 0 Å². The van der Waals surface area contributed by atoms with Crippen LogP contribution in [0, 0.1) is 13.8 Å². The van der Waals surface area contributed by atoms with E-state index in [2.05, 4.69) is 31.8 Å². The minimum atomic E-state index is 0.817. The molecule has 0 heterocycles. The SMILES string of the molecule is C=CCCNc1cc(C)c(C)cc1N. The number of nitrogens with one attached hydrogen (secondary N) is 1. The first kappa shape index (κ1) is 10.6. The molecule has 0 aliphatic carbocycles. The van der Waals surface area contributed by atoms with Crippen molar-refractivity contribution in [2.45, 2.75) is 20.3 Å². The lowest BCUT2D eigenvalue weighted by Crippen LogP contribution is -2.04. The van der Waals surface area contributed by atoms with Gasteiger partial charge in [0.2, 0.25) is 0 Å². The van der Waals surface area contributed by atoms with E-state index in [-0.39, 0.29) is 0 Å². The van der Waals surface area contributed by atoms with Gasteiger partial charge in [-0.1, -0.05) is 6.08 Å². The first-order chi connectivity index (χ1) is 6.65. The molecule has 14 heavy (non-hydrogen) atoms. The molecule has 0 saturated heterocycles. The Morgan fingerprint density at radius 3 is 2.64 bits per heavy atom. The third-order valence-electron chi connectivity index (χ3n) is 2.33. The smallest absolute Gasteiger partial charge is 0.0576 e. The largest absolute Gasteiger partial charge is 0.397 e. The van der Waals surface area contributed by atoms with Crippen LogP contribution in [0.25, 0.3) is 0 Å². The van der Waals surface area contributed by atoms with Crippen LogP contribution in [0.3, 0.4) is 0 Å². The second kappa shape index (κ2) is 4.70. The zero-order chi connectivity index (χ0) is 10.6. The molecule has 0 aliphatic rings. The van der Waals surface area contributed by atoms with Crippen molar-refractivity contribution in [3.63, 3.8) is 0 Å². The Kier molecular flexibility index (Phi) is 3.57. The van der Waals surface area contributed by atoms with Crippen LogP contribution in [-0.4, -0.2) is 6.54 Å². The molecule has 0 aliphatic heterocycles. The minimum Gasteiger partial charge on any atom is -0.397 e. The molecule has 0 atom stereocenters. The molecule has 76 valence electrons. The van der Waals surface area contributed by atoms with Gasteiger partial charge in [-0.3, -0.25) is 0 Å². The number of benzene rings is 1. The van der Waals surface area contributed by atoms with E-state index in [9.17, 15) is 0 Å². The van der Waals surface area contributed by atoms with Crippen molar-refractivity contribution in [3.8, 4) is 0 Å². The van der Waals surface area contributed by atoms with E-state index in [0.29, 0.717) is 0 Å².